The predicted octanol–water partition coefficient (Wildman–Crippen LogP) is 4.14. The quantitative estimate of drug-likeness (QED) is 0.161. The first-order chi connectivity index (χ1) is 26.2. The van der Waals surface area contributed by atoms with E-state index < -0.39 is 94.6 Å². The summed E-state index contributed by atoms with van der Waals surface area (Å²) < 4.78 is 42.3. The standard InChI is InChI=1S/C40H50O15/c1-6-40(48)16-25(30-31(34(40)39(47)49-5)38(46)32-33(37(30)45)36(44)29-20(35(32)43)8-7-9-22(29)42)55-28-15-12-24(19(4)52-28)54-27-14-11-23(18(3)51-27)53-26-13-10-21(41)17(2)50-26/h7-9,17-19,21,23-28,34,41-42,45-46,48H,6,10-16H2,1-5H3. The molecule has 2 aromatic carbocycles. The molecular weight excluding hydrogens is 720 g/mol. The topological polar surface area (TPSA) is 217 Å². The fourth-order valence-electron chi connectivity index (χ4n) is 8.81. The molecular formula is C40H50O15. The summed E-state index contributed by atoms with van der Waals surface area (Å²) in [5.41, 5.74) is -3.94. The summed E-state index contributed by atoms with van der Waals surface area (Å²) in [5.74, 6) is -6.21. The van der Waals surface area contributed by atoms with Gasteiger partial charge in [0.1, 0.15) is 23.2 Å². The van der Waals surface area contributed by atoms with Crippen LogP contribution in [0.5, 0.6) is 17.2 Å². The molecule has 300 valence electrons. The van der Waals surface area contributed by atoms with Crippen LogP contribution in [0.2, 0.25) is 0 Å². The van der Waals surface area contributed by atoms with Gasteiger partial charge in [-0.15, -0.1) is 0 Å². The van der Waals surface area contributed by atoms with Crippen molar-refractivity contribution in [3.8, 4) is 17.2 Å². The molecule has 0 amide bonds. The zero-order valence-electron chi connectivity index (χ0n) is 31.6. The van der Waals surface area contributed by atoms with Gasteiger partial charge in [-0.3, -0.25) is 14.4 Å². The average molecular weight is 771 g/mol. The van der Waals surface area contributed by atoms with Crippen molar-refractivity contribution in [3.05, 3.63) is 51.6 Å². The van der Waals surface area contributed by atoms with Gasteiger partial charge in [0.2, 0.25) is 5.78 Å². The molecule has 0 radical (unpaired) electrons. The Morgan fingerprint density at radius 2 is 1.31 bits per heavy atom. The van der Waals surface area contributed by atoms with Crippen molar-refractivity contribution in [1.29, 1.82) is 0 Å². The molecule has 2 aliphatic carbocycles. The maximum absolute atomic E-state index is 13.8. The normalized spacial score (nSPS) is 36.1. The van der Waals surface area contributed by atoms with Crippen molar-refractivity contribution < 1.29 is 73.1 Å². The van der Waals surface area contributed by atoms with Gasteiger partial charge in [0, 0.05) is 42.4 Å². The third-order valence-electron chi connectivity index (χ3n) is 12.0. The maximum Gasteiger partial charge on any atom is 0.316 e. The second-order valence-corrected chi connectivity index (χ2v) is 15.3. The number of hydrogen-bond acceptors (Lipinski definition) is 15. The van der Waals surface area contributed by atoms with Gasteiger partial charge in [0.25, 0.3) is 0 Å². The summed E-state index contributed by atoms with van der Waals surface area (Å²) >= 11 is 0. The van der Waals surface area contributed by atoms with Gasteiger partial charge in [-0.25, -0.2) is 0 Å². The van der Waals surface area contributed by atoms with E-state index in [2.05, 4.69) is 0 Å². The molecule has 3 saturated heterocycles. The van der Waals surface area contributed by atoms with Crippen molar-refractivity contribution >= 4 is 17.5 Å². The summed E-state index contributed by atoms with van der Waals surface area (Å²) in [6, 6.07) is 3.91. The minimum atomic E-state index is -1.87. The van der Waals surface area contributed by atoms with Crippen molar-refractivity contribution in [1.82, 2.24) is 0 Å². The lowest BCUT2D eigenvalue weighted by molar-refractivity contribution is -0.306. The smallest absolute Gasteiger partial charge is 0.316 e. The van der Waals surface area contributed by atoms with Crippen molar-refractivity contribution in [2.24, 2.45) is 0 Å². The van der Waals surface area contributed by atoms with E-state index in [4.69, 9.17) is 33.2 Å². The molecule has 15 heteroatoms. The zero-order chi connectivity index (χ0) is 39.5. The maximum atomic E-state index is 13.8. The van der Waals surface area contributed by atoms with E-state index in [9.17, 15) is 39.9 Å². The van der Waals surface area contributed by atoms with Crippen LogP contribution in [0.3, 0.4) is 0 Å². The first-order valence-corrected chi connectivity index (χ1v) is 19.1. The summed E-state index contributed by atoms with van der Waals surface area (Å²) in [4.78, 5) is 41.0. The second kappa shape index (κ2) is 15.3. The van der Waals surface area contributed by atoms with Crippen LogP contribution in [0.4, 0.5) is 0 Å². The fourth-order valence-corrected chi connectivity index (χ4v) is 8.81. The van der Waals surface area contributed by atoms with E-state index in [1.54, 1.807) is 6.92 Å². The van der Waals surface area contributed by atoms with Gasteiger partial charge in [-0.1, -0.05) is 19.1 Å². The molecule has 12 unspecified atom stereocenters. The highest BCUT2D eigenvalue weighted by Crippen LogP contribution is 2.57. The molecule has 0 aromatic heterocycles. The van der Waals surface area contributed by atoms with Crippen LogP contribution in [0.15, 0.2) is 18.2 Å². The zero-order valence-corrected chi connectivity index (χ0v) is 31.6. The minimum Gasteiger partial charge on any atom is -0.507 e. The van der Waals surface area contributed by atoms with Gasteiger partial charge in [-0.2, -0.15) is 0 Å². The molecule has 3 aliphatic heterocycles. The van der Waals surface area contributed by atoms with E-state index in [0.29, 0.717) is 38.5 Å². The van der Waals surface area contributed by atoms with Crippen LogP contribution in [0, 0.1) is 0 Å². The monoisotopic (exact) mass is 770 g/mol. The third kappa shape index (κ3) is 7.03. The minimum absolute atomic E-state index is 0.00753. The van der Waals surface area contributed by atoms with Gasteiger partial charge in [-0.05, 0) is 52.5 Å². The molecule has 3 fully saturated rings. The molecule has 0 spiro atoms. The fraction of sp³-hybridized carbons (Fsp3) is 0.625. The first kappa shape index (κ1) is 39.6. The molecule has 5 aliphatic rings. The van der Waals surface area contributed by atoms with E-state index >= 15 is 0 Å². The van der Waals surface area contributed by atoms with Crippen molar-refractivity contribution in [2.45, 2.75) is 152 Å². The molecule has 5 N–H and O–H groups in total. The van der Waals surface area contributed by atoms with Gasteiger partial charge < -0.3 is 58.7 Å². The summed E-state index contributed by atoms with van der Waals surface area (Å²) in [5, 5.41) is 56.2. The number of ether oxygens (including phenoxy) is 7. The van der Waals surface area contributed by atoms with E-state index in [0.717, 1.165) is 7.11 Å². The lowest BCUT2D eigenvalue weighted by atomic mass is 9.66. The number of benzene rings is 2. The van der Waals surface area contributed by atoms with E-state index in [1.165, 1.54) is 18.2 Å². The van der Waals surface area contributed by atoms with E-state index in [1.807, 2.05) is 20.8 Å². The molecule has 55 heavy (non-hydrogen) atoms. The number of ketones is 2. The lowest BCUT2D eigenvalue weighted by Gasteiger charge is -2.45. The number of aliphatic hydroxyl groups excluding tert-OH is 1. The van der Waals surface area contributed by atoms with Crippen molar-refractivity contribution in [3.63, 3.8) is 0 Å². The number of phenolic OH excluding ortho intramolecular Hbond substituents is 3. The Morgan fingerprint density at radius 1 is 0.764 bits per heavy atom. The summed E-state index contributed by atoms with van der Waals surface area (Å²) in [6.07, 6.45) is -2.15. The number of aliphatic hydroxyl groups is 2. The Morgan fingerprint density at radius 3 is 1.87 bits per heavy atom. The van der Waals surface area contributed by atoms with Crippen LogP contribution in [0.25, 0.3) is 0 Å². The van der Waals surface area contributed by atoms with Crippen LogP contribution < -0.4 is 0 Å². The van der Waals surface area contributed by atoms with Gasteiger partial charge in [0.05, 0.1) is 72.1 Å². The number of hydrogen-bond donors (Lipinski definition) is 5. The molecule has 7 rings (SSSR count). The second-order valence-electron chi connectivity index (χ2n) is 15.3. The molecule has 0 saturated carbocycles. The first-order valence-electron chi connectivity index (χ1n) is 19.1. The summed E-state index contributed by atoms with van der Waals surface area (Å²) in [6.45, 7) is 7.21. The molecule has 12 atom stereocenters. The summed E-state index contributed by atoms with van der Waals surface area (Å²) in [7, 11) is 1.12. The average Bonchev–Trinajstić information content (AvgIpc) is 3.15. The third-order valence-corrected chi connectivity index (χ3v) is 12.0. The molecule has 3 heterocycles. The number of carbonyl (C=O) groups excluding carboxylic acids is 3. The Labute approximate surface area is 318 Å². The van der Waals surface area contributed by atoms with Crippen LogP contribution >= 0.6 is 0 Å². The highest BCUT2D eigenvalue weighted by Gasteiger charge is 2.55. The molecule has 0 bridgehead atoms. The van der Waals surface area contributed by atoms with Gasteiger partial charge >= 0.3 is 5.97 Å². The lowest BCUT2D eigenvalue weighted by Crippen LogP contribution is -2.49. The van der Waals surface area contributed by atoms with Crippen LogP contribution in [-0.2, 0) is 38.0 Å². The highest BCUT2D eigenvalue weighted by molar-refractivity contribution is 6.31. The largest absolute Gasteiger partial charge is 0.507 e. The number of esters is 1. The Bertz CT molecular complexity index is 1830. The van der Waals surface area contributed by atoms with Crippen LogP contribution in [0.1, 0.15) is 134 Å². The number of rotatable bonds is 8. The van der Waals surface area contributed by atoms with Gasteiger partial charge in [0.15, 0.2) is 24.7 Å². The highest BCUT2D eigenvalue weighted by atomic mass is 16.7. The van der Waals surface area contributed by atoms with Crippen LogP contribution in [-0.4, -0.2) is 111 Å². The predicted molar refractivity (Wildman–Crippen MR) is 190 cm³/mol. The van der Waals surface area contributed by atoms with E-state index in [-0.39, 0.29) is 59.5 Å². The Kier molecular flexibility index (Phi) is 11.0. The SMILES string of the molecule is CCC1(O)CC(OC2CCC(OC3CCC(OC4CCC(O)C(C)O4)C(C)O3)C(C)O2)c2c(O)c3c(c(O)c2C1C(=O)OC)C(=O)c1cccc(O)c1C3=O. The number of aromatic hydroxyl groups is 3. The number of methoxy groups -OCH3 is 1. The number of carbonyl (C=O) groups is 3. The molecule has 15 nitrogen and oxygen atoms in total. The number of phenols is 3. The van der Waals surface area contributed by atoms with Crippen molar-refractivity contribution in [2.75, 3.05) is 7.11 Å². The number of fused-ring (bicyclic) bond motifs is 3. The molecule has 2 aromatic rings. The Hall–Kier alpha value is -3.67. The Balaban J connectivity index is 1.09.